The molecule has 1 aliphatic rings. The van der Waals surface area contributed by atoms with Crippen molar-refractivity contribution in [1.82, 2.24) is 5.32 Å². The molecule has 0 radical (unpaired) electrons. The molecule has 1 unspecified atom stereocenters. The third-order valence-electron chi connectivity index (χ3n) is 1.16. The van der Waals surface area contributed by atoms with Crippen molar-refractivity contribution in [2.24, 2.45) is 0 Å². The Balaban J connectivity index is 2.33. The first-order valence-corrected chi connectivity index (χ1v) is 2.40. The predicted octanol–water partition coefficient (Wildman–Crippen LogP) is -1.34. The molecule has 0 aromatic heterocycles. The maximum absolute atomic E-state index is 8.69. The molecule has 3 N–H and O–H groups in total. The molecule has 1 rings (SSSR count). The monoisotopic (exact) mass is 103 g/mol. The van der Waals surface area contributed by atoms with Crippen LogP contribution in [0.15, 0.2) is 0 Å². The van der Waals surface area contributed by atoms with E-state index in [2.05, 4.69) is 5.32 Å². The fourth-order valence-corrected chi connectivity index (χ4v) is 0.673. The molecule has 0 spiro atoms. The molecule has 3 heteroatoms. The summed E-state index contributed by atoms with van der Waals surface area (Å²) < 4.78 is 0. The molecule has 0 aliphatic carbocycles. The third kappa shape index (κ3) is 0.907. The maximum atomic E-state index is 8.69. The van der Waals surface area contributed by atoms with E-state index in [4.69, 9.17) is 10.2 Å². The van der Waals surface area contributed by atoms with Crippen molar-refractivity contribution in [1.29, 1.82) is 0 Å². The van der Waals surface area contributed by atoms with Gasteiger partial charge in [0, 0.05) is 6.54 Å². The van der Waals surface area contributed by atoms with Gasteiger partial charge in [-0.05, 0) is 6.42 Å². The summed E-state index contributed by atoms with van der Waals surface area (Å²) in [6.45, 7) is 0.725. The van der Waals surface area contributed by atoms with Gasteiger partial charge < -0.3 is 10.2 Å². The molecule has 1 heterocycles. The Morgan fingerprint density at radius 1 is 1.43 bits per heavy atom. The topological polar surface area (TPSA) is 52.5 Å². The van der Waals surface area contributed by atoms with E-state index in [0.29, 0.717) is 6.42 Å². The quantitative estimate of drug-likeness (QED) is 0.355. The van der Waals surface area contributed by atoms with E-state index in [1.165, 1.54) is 0 Å². The molecule has 0 aromatic carbocycles. The number of hydrogen-bond acceptors (Lipinski definition) is 3. The number of aliphatic hydroxyl groups excluding tert-OH is 2. The van der Waals surface area contributed by atoms with Crippen LogP contribution in [-0.4, -0.2) is 29.1 Å². The Labute approximate surface area is 42.0 Å². The Kier molecular flexibility index (Phi) is 1.27. The van der Waals surface area contributed by atoms with E-state index in [9.17, 15) is 0 Å². The second-order valence-corrected chi connectivity index (χ2v) is 1.75. The number of nitrogens with one attached hydrogen (secondary N) is 1. The zero-order chi connectivity index (χ0) is 5.28. The molecule has 2 atom stereocenters. The van der Waals surface area contributed by atoms with Crippen LogP contribution in [0.4, 0.5) is 0 Å². The van der Waals surface area contributed by atoms with E-state index in [0.717, 1.165) is 6.54 Å². The average molecular weight is 103 g/mol. The van der Waals surface area contributed by atoms with E-state index in [-0.39, 0.29) is 0 Å². The summed E-state index contributed by atoms with van der Waals surface area (Å²) in [4.78, 5) is 0. The SMILES string of the molecule is OC1CCN[C@@H]1O. The molecular weight excluding hydrogens is 94.0 g/mol. The van der Waals surface area contributed by atoms with Gasteiger partial charge in [0.05, 0.1) is 6.10 Å². The van der Waals surface area contributed by atoms with Crippen molar-refractivity contribution < 1.29 is 10.2 Å². The molecule has 42 valence electrons. The predicted molar refractivity (Wildman–Crippen MR) is 24.6 cm³/mol. The molecule has 1 saturated heterocycles. The summed E-state index contributed by atoms with van der Waals surface area (Å²) in [5.41, 5.74) is 0. The lowest BCUT2D eigenvalue weighted by atomic mass is 10.3. The van der Waals surface area contributed by atoms with Crippen LogP contribution in [0.2, 0.25) is 0 Å². The maximum Gasteiger partial charge on any atom is 0.131 e. The molecule has 0 aromatic rings. The van der Waals surface area contributed by atoms with Crippen molar-refractivity contribution in [2.45, 2.75) is 18.8 Å². The zero-order valence-electron chi connectivity index (χ0n) is 3.96. The van der Waals surface area contributed by atoms with Crippen LogP contribution >= 0.6 is 0 Å². The molecule has 0 bridgehead atoms. The van der Waals surface area contributed by atoms with E-state index in [1.54, 1.807) is 0 Å². The fraction of sp³-hybridized carbons (Fsp3) is 1.00. The van der Waals surface area contributed by atoms with Gasteiger partial charge in [-0.25, -0.2) is 0 Å². The molecule has 3 nitrogen and oxygen atoms in total. The van der Waals surface area contributed by atoms with Crippen LogP contribution < -0.4 is 5.32 Å². The van der Waals surface area contributed by atoms with Crippen LogP contribution in [0.1, 0.15) is 6.42 Å². The zero-order valence-corrected chi connectivity index (χ0v) is 3.96. The summed E-state index contributed by atoms with van der Waals surface area (Å²) in [5.74, 6) is 0. The molecule has 0 amide bonds. The van der Waals surface area contributed by atoms with Crippen molar-refractivity contribution in [3.8, 4) is 0 Å². The smallest absolute Gasteiger partial charge is 0.131 e. The fourth-order valence-electron chi connectivity index (χ4n) is 0.673. The van der Waals surface area contributed by atoms with Gasteiger partial charge in [0.25, 0.3) is 0 Å². The Bertz CT molecular complexity index is 58.7. The molecular formula is C4H9NO2. The minimum atomic E-state index is -0.681. The van der Waals surface area contributed by atoms with Crippen LogP contribution in [0.3, 0.4) is 0 Å². The van der Waals surface area contributed by atoms with Crippen LogP contribution in [0, 0.1) is 0 Å². The summed E-state index contributed by atoms with van der Waals surface area (Å²) >= 11 is 0. The molecule has 1 aliphatic heterocycles. The summed E-state index contributed by atoms with van der Waals surface area (Å²) in [6, 6.07) is 0. The first-order chi connectivity index (χ1) is 3.30. The van der Waals surface area contributed by atoms with E-state index in [1.807, 2.05) is 0 Å². The third-order valence-corrected chi connectivity index (χ3v) is 1.16. The van der Waals surface area contributed by atoms with Crippen molar-refractivity contribution in [3.63, 3.8) is 0 Å². The summed E-state index contributed by atoms with van der Waals surface area (Å²) in [5, 5.41) is 20.0. The van der Waals surface area contributed by atoms with Crippen molar-refractivity contribution in [2.75, 3.05) is 6.54 Å². The highest BCUT2D eigenvalue weighted by Crippen LogP contribution is 2.01. The summed E-state index contributed by atoms with van der Waals surface area (Å²) in [6.07, 6.45) is -0.554. The standard InChI is InChI=1S/C4H9NO2/c6-3-1-2-5-4(3)7/h3-7H,1-2H2/t3?,4-/m1/s1. The molecule has 7 heavy (non-hydrogen) atoms. The lowest BCUT2D eigenvalue weighted by molar-refractivity contribution is 0.0318. The highest BCUT2D eigenvalue weighted by Gasteiger charge is 2.20. The largest absolute Gasteiger partial charge is 0.389 e. The number of rotatable bonds is 0. The first kappa shape index (κ1) is 5.03. The second kappa shape index (κ2) is 1.78. The number of aliphatic hydroxyl groups is 2. The molecule has 1 fully saturated rings. The lowest BCUT2D eigenvalue weighted by Gasteiger charge is -2.03. The van der Waals surface area contributed by atoms with Gasteiger partial charge in [0.15, 0.2) is 0 Å². The van der Waals surface area contributed by atoms with Gasteiger partial charge in [-0.2, -0.15) is 0 Å². The highest BCUT2D eigenvalue weighted by molar-refractivity contribution is 4.73. The second-order valence-electron chi connectivity index (χ2n) is 1.75. The Hall–Kier alpha value is -0.120. The summed E-state index contributed by atoms with van der Waals surface area (Å²) in [7, 11) is 0. The van der Waals surface area contributed by atoms with Gasteiger partial charge in [-0.1, -0.05) is 0 Å². The van der Waals surface area contributed by atoms with Gasteiger partial charge in [0.1, 0.15) is 6.23 Å². The highest BCUT2D eigenvalue weighted by atomic mass is 16.3. The lowest BCUT2D eigenvalue weighted by Crippen LogP contribution is -2.28. The van der Waals surface area contributed by atoms with Gasteiger partial charge in [-0.3, -0.25) is 5.32 Å². The minimum absolute atomic E-state index is 0.542. The average Bonchev–Trinajstić information content (AvgIpc) is 1.91. The minimum Gasteiger partial charge on any atom is -0.389 e. The van der Waals surface area contributed by atoms with Crippen LogP contribution in [0.5, 0.6) is 0 Å². The molecule has 0 saturated carbocycles. The first-order valence-electron chi connectivity index (χ1n) is 2.40. The van der Waals surface area contributed by atoms with E-state index < -0.39 is 12.3 Å². The number of hydrogen-bond donors (Lipinski definition) is 3. The van der Waals surface area contributed by atoms with Crippen LogP contribution in [-0.2, 0) is 0 Å². The Morgan fingerprint density at radius 3 is 2.29 bits per heavy atom. The van der Waals surface area contributed by atoms with Crippen molar-refractivity contribution in [3.05, 3.63) is 0 Å². The van der Waals surface area contributed by atoms with Gasteiger partial charge in [-0.15, -0.1) is 0 Å². The van der Waals surface area contributed by atoms with Gasteiger partial charge >= 0.3 is 0 Å². The Morgan fingerprint density at radius 2 is 2.14 bits per heavy atom. The normalized spacial score (nSPS) is 42.0. The van der Waals surface area contributed by atoms with Gasteiger partial charge in [0.2, 0.25) is 0 Å². The van der Waals surface area contributed by atoms with Crippen LogP contribution in [0.25, 0.3) is 0 Å². The van der Waals surface area contributed by atoms with Crippen molar-refractivity contribution >= 4 is 0 Å². The van der Waals surface area contributed by atoms with E-state index >= 15 is 0 Å².